The Hall–Kier alpha value is -2.56. The Morgan fingerprint density at radius 3 is 2.38 bits per heavy atom. The first-order valence-electron chi connectivity index (χ1n) is 8.97. The third kappa shape index (κ3) is 6.48. The molecule has 4 N–H and O–H groups in total. The van der Waals surface area contributed by atoms with Gasteiger partial charge in [-0.25, -0.2) is 9.38 Å². The van der Waals surface area contributed by atoms with Crippen LogP contribution in [0.2, 0.25) is 5.02 Å². The molecule has 0 atom stereocenters. The van der Waals surface area contributed by atoms with Gasteiger partial charge in [-0.05, 0) is 48.4 Å². The van der Waals surface area contributed by atoms with Gasteiger partial charge >= 0.3 is 0 Å². The number of halogens is 3. The maximum atomic E-state index is 14.5. The van der Waals surface area contributed by atoms with Crippen molar-refractivity contribution in [3.05, 3.63) is 88.0 Å². The van der Waals surface area contributed by atoms with E-state index in [0.717, 1.165) is 10.4 Å². The number of hydrogen-bond donors (Lipinski definition) is 2. The average molecular weight is 434 g/mol. The van der Waals surface area contributed by atoms with Crippen LogP contribution in [-0.2, 0) is 0 Å². The summed E-state index contributed by atoms with van der Waals surface area (Å²) in [5, 5.41) is 2.31. The minimum Gasteiger partial charge on any atom is -0.370 e. The highest BCUT2D eigenvalue weighted by atomic mass is 35.5. The van der Waals surface area contributed by atoms with Crippen molar-refractivity contribution in [2.45, 2.75) is 27.2 Å². The smallest absolute Gasteiger partial charge is 0.191 e. The first-order chi connectivity index (χ1) is 13.7. The van der Waals surface area contributed by atoms with E-state index >= 15 is 0 Å². The minimum atomic E-state index is -0.473. The van der Waals surface area contributed by atoms with Gasteiger partial charge in [-0.3, -0.25) is 0 Å². The van der Waals surface area contributed by atoms with Gasteiger partial charge in [0.05, 0.1) is 10.7 Å². The summed E-state index contributed by atoms with van der Waals surface area (Å²) in [5.74, 6) is -0.556. The molecule has 2 rings (SSSR count). The van der Waals surface area contributed by atoms with Crippen LogP contribution in [0.1, 0.15) is 38.3 Å². The molecule has 154 valence electrons. The molecule has 6 heteroatoms. The highest BCUT2D eigenvalue weighted by molar-refractivity contribution is 6.45. The third-order valence-electron chi connectivity index (χ3n) is 3.98. The van der Waals surface area contributed by atoms with Gasteiger partial charge in [0, 0.05) is 16.2 Å². The van der Waals surface area contributed by atoms with E-state index in [1.54, 1.807) is 18.2 Å². The first-order valence-corrected chi connectivity index (χ1v) is 9.73. The highest BCUT2D eigenvalue weighted by Gasteiger charge is 2.10. The third-order valence-corrected chi connectivity index (χ3v) is 4.74. The van der Waals surface area contributed by atoms with E-state index in [9.17, 15) is 4.39 Å². The van der Waals surface area contributed by atoms with Gasteiger partial charge in [0.1, 0.15) is 5.82 Å². The monoisotopic (exact) mass is 433 g/mol. The van der Waals surface area contributed by atoms with E-state index in [-0.39, 0.29) is 11.0 Å². The molecule has 0 spiro atoms. The predicted molar refractivity (Wildman–Crippen MR) is 126 cm³/mol. The second-order valence-electron chi connectivity index (χ2n) is 6.14. The number of benzene rings is 2. The number of nitrogens with two attached hydrogens (primary N) is 2. The van der Waals surface area contributed by atoms with E-state index in [1.807, 2.05) is 39.0 Å². The number of nitrogens with zero attached hydrogens (tertiary/aromatic N) is 1. The summed E-state index contributed by atoms with van der Waals surface area (Å²) in [5.41, 5.74) is 13.1. The van der Waals surface area contributed by atoms with Crippen molar-refractivity contribution in [2.75, 3.05) is 0 Å². The van der Waals surface area contributed by atoms with Crippen molar-refractivity contribution < 1.29 is 4.39 Å². The summed E-state index contributed by atoms with van der Waals surface area (Å²) < 4.78 is 14.5. The molecule has 2 aromatic rings. The molecule has 29 heavy (non-hydrogen) atoms. The van der Waals surface area contributed by atoms with Crippen molar-refractivity contribution in [1.82, 2.24) is 0 Å². The lowest BCUT2D eigenvalue weighted by atomic mass is 10.00. The summed E-state index contributed by atoms with van der Waals surface area (Å²) in [7, 11) is 0. The normalized spacial score (nSPS) is 12.2. The zero-order chi connectivity index (χ0) is 22.1. The van der Waals surface area contributed by atoms with Gasteiger partial charge in [0.15, 0.2) is 5.96 Å². The summed E-state index contributed by atoms with van der Waals surface area (Å²) in [4.78, 5) is 3.98. The molecule has 0 aliphatic heterocycles. The van der Waals surface area contributed by atoms with Crippen molar-refractivity contribution in [3.63, 3.8) is 0 Å². The fourth-order valence-electron chi connectivity index (χ4n) is 2.62. The minimum absolute atomic E-state index is 0.0648. The van der Waals surface area contributed by atoms with Gasteiger partial charge in [-0.15, -0.1) is 6.58 Å². The molecule has 2 aromatic carbocycles. The van der Waals surface area contributed by atoms with Crippen molar-refractivity contribution in [2.24, 2.45) is 16.5 Å². The maximum Gasteiger partial charge on any atom is 0.191 e. The number of rotatable bonds is 4. The zero-order valence-electron chi connectivity index (χ0n) is 16.9. The Kier molecular flexibility index (Phi) is 9.66. The van der Waals surface area contributed by atoms with E-state index in [4.69, 9.17) is 34.7 Å². The van der Waals surface area contributed by atoms with Crippen LogP contribution in [0.5, 0.6) is 0 Å². The summed E-state index contributed by atoms with van der Waals surface area (Å²) in [6, 6.07) is 10.4. The molecule has 0 fully saturated rings. The number of hydrogen-bond acceptors (Lipinski definition) is 1. The average Bonchev–Trinajstić information content (AvgIpc) is 2.68. The van der Waals surface area contributed by atoms with Crippen LogP contribution in [0.25, 0.3) is 16.3 Å². The van der Waals surface area contributed by atoms with Crippen molar-refractivity contribution >= 4 is 45.5 Å². The second-order valence-corrected chi connectivity index (χ2v) is 7.00. The Labute approximate surface area is 181 Å². The summed E-state index contributed by atoms with van der Waals surface area (Å²) in [6.45, 7) is 12.9. The molecule has 0 unspecified atom stereocenters. The quantitative estimate of drug-likeness (QED) is 0.409. The fourth-order valence-corrected chi connectivity index (χ4v) is 2.96. The lowest BCUT2D eigenvalue weighted by Crippen LogP contribution is -2.29. The van der Waals surface area contributed by atoms with Gasteiger partial charge in [-0.2, -0.15) is 0 Å². The molecule has 0 bridgehead atoms. The fraction of sp³-hybridized carbons (Fsp3) is 0.174. The molecule has 0 amide bonds. The molecule has 0 heterocycles. The summed E-state index contributed by atoms with van der Waals surface area (Å²) >= 11 is 12.3. The molecular formula is C23H26Cl2FN3. The van der Waals surface area contributed by atoms with E-state index in [2.05, 4.69) is 18.2 Å². The van der Waals surface area contributed by atoms with Gasteiger partial charge in [-0.1, -0.05) is 67.0 Å². The topological polar surface area (TPSA) is 64.4 Å². The largest absolute Gasteiger partial charge is 0.370 e. The van der Waals surface area contributed by atoms with E-state index in [1.165, 1.54) is 6.07 Å². The Morgan fingerprint density at radius 1 is 1.21 bits per heavy atom. The van der Waals surface area contributed by atoms with Crippen molar-refractivity contribution in [3.8, 4) is 0 Å². The Morgan fingerprint density at radius 2 is 1.83 bits per heavy atom. The van der Waals surface area contributed by atoms with Crippen LogP contribution >= 0.6 is 23.2 Å². The standard InChI is InChI=1S/C20H20Cl2FN3.C3H6/c1-4-17(21)15-9-8-13(12(3)26-20(24)25)10-16(15)11(2)14-6-5-7-18(22)19(14)23;1-3-2/h5-10H,3-4H2,1-2H3,(H4,24,25,26);3H,1H2,2H3/b16-11+,17-15+;. The lowest BCUT2D eigenvalue weighted by Gasteiger charge is -2.08. The first kappa shape index (κ1) is 24.5. The van der Waals surface area contributed by atoms with E-state index in [0.29, 0.717) is 33.9 Å². The molecule has 0 aromatic heterocycles. The molecule has 0 saturated carbocycles. The van der Waals surface area contributed by atoms with Crippen LogP contribution in [-0.4, -0.2) is 5.96 Å². The van der Waals surface area contributed by atoms with Crippen LogP contribution in [0, 0.1) is 5.82 Å². The lowest BCUT2D eigenvalue weighted by molar-refractivity contribution is 0.624. The van der Waals surface area contributed by atoms with Crippen molar-refractivity contribution in [1.29, 1.82) is 0 Å². The number of aliphatic imine (C=N–C) groups is 1. The predicted octanol–water partition coefficient (Wildman–Crippen LogP) is 4.89. The molecule has 3 nitrogen and oxygen atoms in total. The maximum absolute atomic E-state index is 14.5. The van der Waals surface area contributed by atoms with Crippen LogP contribution in [0.4, 0.5) is 4.39 Å². The zero-order valence-corrected chi connectivity index (χ0v) is 18.4. The molecule has 0 aliphatic carbocycles. The van der Waals surface area contributed by atoms with Crippen LogP contribution < -0.4 is 21.9 Å². The van der Waals surface area contributed by atoms with Gasteiger partial charge in [0.2, 0.25) is 0 Å². The SMILES string of the molecule is C=C(N=C(N)N)c1ccc(=C(\Cl)CC)/c(=C(\C)c2cccc(Cl)c2F)c1.C=CC. The number of allylic oxidation sites excluding steroid dienone is 1. The van der Waals surface area contributed by atoms with Crippen LogP contribution in [0.3, 0.4) is 0 Å². The molecule has 0 aliphatic rings. The van der Waals surface area contributed by atoms with Gasteiger partial charge < -0.3 is 11.5 Å². The second kappa shape index (κ2) is 11.4. The number of guanidine groups is 1. The van der Waals surface area contributed by atoms with Gasteiger partial charge in [0.25, 0.3) is 0 Å². The van der Waals surface area contributed by atoms with E-state index < -0.39 is 5.82 Å². The Bertz CT molecular complexity index is 1050. The summed E-state index contributed by atoms with van der Waals surface area (Å²) in [6.07, 6.45) is 2.40. The molecular weight excluding hydrogens is 408 g/mol. The Balaban J connectivity index is 0.00000132. The highest BCUT2D eigenvalue weighted by Crippen LogP contribution is 2.22. The molecule has 0 radical (unpaired) electrons. The molecule has 0 saturated heterocycles. The van der Waals surface area contributed by atoms with Crippen LogP contribution in [0.15, 0.2) is 60.6 Å².